The highest BCUT2D eigenvalue weighted by Gasteiger charge is 2.44. The van der Waals surface area contributed by atoms with Gasteiger partial charge in [0.05, 0.1) is 18.6 Å². The number of carbonyl (C=O) groups is 2. The molecule has 0 fully saturated rings. The van der Waals surface area contributed by atoms with Crippen molar-refractivity contribution in [2.75, 3.05) is 25.6 Å². The average molecular weight is 482 g/mol. The van der Waals surface area contributed by atoms with Gasteiger partial charge >= 0.3 is 0 Å². The summed E-state index contributed by atoms with van der Waals surface area (Å²) in [5.41, 5.74) is 5.13. The predicted molar refractivity (Wildman–Crippen MR) is 142 cm³/mol. The Balaban J connectivity index is 1.62. The van der Waals surface area contributed by atoms with Gasteiger partial charge in [-0.25, -0.2) is 0 Å². The zero-order chi connectivity index (χ0) is 25.2. The first-order valence-corrected chi connectivity index (χ1v) is 12.3. The maximum absolute atomic E-state index is 14.0. The number of carbonyl (C=O) groups excluding carboxylic acids is 2. The first-order chi connectivity index (χ1) is 17.5. The quantitative estimate of drug-likeness (QED) is 0.347. The highest BCUT2D eigenvalue weighted by Crippen LogP contribution is 2.45. The van der Waals surface area contributed by atoms with Crippen LogP contribution >= 0.6 is 0 Å². The molecule has 4 aromatic rings. The molecule has 0 saturated heterocycles. The van der Waals surface area contributed by atoms with Gasteiger partial charge in [0.15, 0.2) is 0 Å². The molecule has 6 heteroatoms. The second-order valence-corrected chi connectivity index (χ2v) is 9.56. The van der Waals surface area contributed by atoms with E-state index < -0.39 is 12.0 Å². The summed E-state index contributed by atoms with van der Waals surface area (Å²) in [6, 6.07) is 22.9. The minimum absolute atomic E-state index is 0.0942. The summed E-state index contributed by atoms with van der Waals surface area (Å²) in [6.45, 7) is 5.03. The lowest BCUT2D eigenvalue weighted by molar-refractivity contribution is -0.119. The molecule has 5 rings (SSSR count). The van der Waals surface area contributed by atoms with E-state index in [0.29, 0.717) is 24.6 Å². The van der Waals surface area contributed by atoms with Crippen molar-refractivity contribution >= 4 is 28.4 Å². The number of rotatable bonds is 7. The molecule has 1 aromatic heterocycles. The van der Waals surface area contributed by atoms with E-state index in [-0.39, 0.29) is 11.8 Å². The van der Waals surface area contributed by atoms with Crippen LogP contribution in [0.2, 0.25) is 0 Å². The van der Waals surface area contributed by atoms with E-state index in [1.165, 1.54) is 5.56 Å². The Morgan fingerprint density at radius 1 is 1.00 bits per heavy atom. The van der Waals surface area contributed by atoms with Gasteiger partial charge in [-0.2, -0.15) is 0 Å². The second kappa shape index (κ2) is 9.99. The molecule has 0 spiro atoms. The maximum atomic E-state index is 14.0. The molecule has 0 saturated carbocycles. The van der Waals surface area contributed by atoms with Crippen LogP contribution in [0, 0.1) is 0 Å². The number of H-pyrrole nitrogens is 1. The molecule has 1 aliphatic rings. The molecular formula is C30H31N3O3. The van der Waals surface area contributed by atoms with Gasteiger partial charge in [-0.15, -0.1) is 0 Å². The summed E-state index contributed by atoms with van der Waals surface area (Å²) in [6.07, 6.45) is 1.92. The van der Waals surface area contributed by atoms with Crippen molar-refractivity contribution < 1.29 is 14.3 Å². The van der Waals surface area contributed by atoms with Crippen molar-refractivity contribution in [1.29, 1.82) is 0 Å². The first kappa shape index (κ1) is 23.8. The molecule has 36 heavy (non-hydrogen) atoms. The Hall–Kier alpha value is -3.90. The van der Waals surface area contributed by atoms with Crippen molar-refractivity contribution in [3.63, 3.8) is 0 Å². The minimum atomic E-state index is -0.597. The number of anilines is 1. The van der Waals surface area contributed by atoms with Crippen LogP contribution in [0.25, 0.3) is 10.9 Å². The summed E-state index contributed by atoms with van der Waals surface area (Å²) >= 11 is 0. The number of hydrogen-bond donors (Lipinski definition) is 2. The normalized spacial score (nSPS) is 17.4. The molecule has 184 valence electrons. The fraction of sp³-hybridized carbons (Fsp3) is 0.267. The number of fused-ring (bicyclic) bond motifs is 2. The Morgan fingerprint density at radius 3 is 2.47 bits per heavy atom. The van der Waals surface area contributed by atoms with Gasteiger partial charge in [0.1, 0.15) is 0 Å². The van der Waals surface area contributed by atoms with Crippen molar-refractivity contribution in [2.45, 2.75) is 31.7 Å². The third-order valence-corrected chi connectivity index (χ3v) is 7.04. The van der Waals surface area contributed by atoms with Crippen LogP contribution in [0.4, 0.5) is 5.69 Å². The van der Waals surface area contributed by atoms with Crippen molar-refractivity contribution in [3.05, 3.63) is 101 Å². The third kappa shape index (κ3) is 4.29. The standard InChI is InChI=1S/C30H31N3O3/c1-19(2)20-12-14-21(15-13-20)32-29(34)27-23-9-4-5-10-24(23)30(35)33(16-17-36-3)28(27)25-18-31-26-11-7-6-8-22(25)26/h4-15,18-19,27-28,31H,16-17H2,1-3H3,(H,32,34)/t27-,28-/m0/s1. The van der Waals surface area contributed by atoms with Gasteiger partial charge in [0.25, 0.3) is 5.91 Å². The molecule has 3 aromatic carbocycles. The number of nitrogens with zero attached hydrogens (tertiary/aromatic N) is 1. The second-order valence-electron chi connectivity index (χ2n) is 9.56. The van der Waals surface area contributed by atoms with Crippen LogP contribution in [0.5, 0.6) is 0 Å². The fourth-order valence-electron chi connectivity index (χ4n) is 5.17. The van der Waals surface area contributed by atoms with Gasteiger partial charge in [0, 0.05) is 47.6 Å². The summed E-state index contributed by atoms with van der Waals surface area (Å²) in [7, 11) is 1.62. The summed E-state index contributed by atoms with van der Waals surface area (Å²) in [4.78, 5) is 32.9. The van der Waals surface area contributed by atoms with E-state index in [2.05, 4.69) is 24.1 Å². The SMILES string of the molecule is COCCN1C(=O)c2ccccc2[C@H](C(=O)Nc2ccc(C(C)C)cc2)[C@@H]1c1c[nH]c2ccccc12. The van der Waals surface area contributed by atoms with Crippen LogP contribution in [0.1, 0.15) is 58.8 Å². The molecule has 2 N–H and O–H groups in total. The number of methoxy groups -OCH3 is 1. The summed E-state index contributed by atoms with van der Waals surface area (Å²) < 4.78 is 5.35. The molecule has 0 aliphatic carbocycles. The maximum Gasteiger partial charge on any atom is 0.254 e. The van der Waals surface area contributed by atoms with Crippen LogP contribution in [-0.2, 0) is 9.53 Å². The fourth-order valence-corrected chi connectivity index (χ4v) is 5.17. The zero-order valence-electron chi connectivity index (χ0n) is 20.8. The Morgan fingerprint density at radius 2 is 1.72 bits per heavy atom. The van der Waals surface area contributed by atoms with Gasteiger partial charge in [-0.05, 0) is 41.3 Å². The predicted octanol–water partition coefficient (Wildman–Crippen LogP) is 5.86. The van der Waals surface area contributed by atoms with Crippen molar-refractivity contribution in [1.82, 2.24) is 9.88 Å². The van der Waals surface area contributed by atoms with Gasteiger partial charge in [-0.3, -0.25) is 9.59 Å². The van der Waals surface area contributed by atoms with Crippen LogP contribution in [0.3, 0.4) is 0 Å². The van der Waals surface area contributed by atoms with E-state index in [0.717, 1.165) is 27.7 Å². The summed E-state index contributed by atoms with van der Waals surface area (Å²) in [5, 5.41) is 4.13. The van der Waals surface area contributed by atoms with Crippen LogP contribution in [-0.4, -0.2) is 42.0 Å². The average Bonchev–Trinajstić information content (AvgIpc) is 3.32. The van der Waals surface area contributed by atoms with Crippen LogP contribution in [0.15, 0.2) is 79.0 Å². The molecule has 2 atom stereocenters. The molecular weight excluding hydrogens is 450 g/mol. The lowest BCUT2D eigenvalue weighted by Gasteiger charge is -2.41. The number of ether oxygens (including phenoxy) is 1. The highest BCUT2D eigenvalue weighted by molar-refractivity contribution is 6.05. The molecule has 6 nitrogen and oxygen atoms in total. The number of hydrogen-bond acceptors (Lipinski definition) is 3. The van der Waals surface area contributed by atoms with E-state index in [1.54, 1.807) is 18.1 Å². The molecule has 2 heterocycles. The molecule has 0 unspecified atom stereocenters. The van der Waals surface area contributed by atoms with Gasteiger partial charge < -0.3 is 19.9 Å². The number of aromatic amines is 1. The monoisotopic (exact) mass is 481 g/mol. The van der Waals surface area contributed by atoms with Gasteiger partial charge in [0.2, 0.25) is 5.91 Å². The Bertz CT molecular complexity index is 1390. The van der Waals surface area contributed by atoms with E-state index in [9.17, 15) is 9.59 Å². The zero-order valence-corrected chi connectivity index (χ0v) is 20.8. The number of nitrogens with one attached hydrogen (secondary N) is 2. The Labute approximate surface area is 211 Å². The van der Waals surface area contributed by atoms with E-state index >= 15 is 0 Å². The lowest BCUT2D eigenvalue weighted by Crippen LogP contribution is -2.47. The largest absolute Gasteiger partial charge is 0.383 e. The number of benzene rings is 3. The topological polar surface area (TPSA) is 74.4 Å². The van der Waals surface area contributed by atoms with E-state index in [4.69, 9.17) is 4.74 Å². The van der Waals surface area contributed by atoms with Gasteiger partial charge in [-0.1, -0.05) is 62.4 Å². The molecule has 0 bridgehead atoms. The third-order valence-electron chi connectivity index (χ3n) is 7.04. The number of para-hydroxylation sites is 1. The van der Waals surface area contributed by atoms with Crippen molar-refractivity contribution in [2.24, 2.45) is 0 Å². The van der Waals surface area contributed by atoms with Crippen molar-refractivity contribution in [3.8, 4) is 0 Å². The van der Waals surface area contributed by atoms with Crippen LogP contribution < -0.4 is 5.32 Å². The number of aromatic nitrogens is 1. The first-order valence-electron chi connectivity index (χ1n) is 12.3. The summed E-state index contributed by atoms with van der Waals surface area (Å²) in [5.74, 6) is -0.431. The lowest BCUT2D eigenvalue weighted by atomic mass is 9.79. The molecule has 0 radical (unpaired) electrons. The minimum Gasteiger partial charge on any atom is -0.383 e. The van der Waals surface area contributed by atoms with E-state index in [1.807, 2.05) is 72.9 Å². The smallest absolute Gasteiger partial charge is 0.254 e. The molecule has 1 aliphatic heterocycles. The Kier molecular flexibility index (Phi) is 6.61. The molecule has 2 amide bonds. The number of amides is 2. The highest BCUT2D eigenvalue weighted by atomic mass is 16.5.